The highest BCUT2D eigenvalue weighted by Gasteiger charge is 2.40. The number of hydrogen-bond donors (Lipinski definition) is 2. The molecule has 0 spiro atoms. The van der Waals surface area contributed by atoms with Crippen LogP contribution in [-0.2, 0) is 21.1 Å². The predicted octanol–water partition coefficient (Wildman–Crippen LogP) is 4.17. The van der Waals surface area contributed by atoms with Crippen LogP contribution in [-0.4, -0.2) is 34.7 Å². The number of phenolic OH excluding ortho intramolecular Hbond substituents is 1. The maximum Gasteiger partial charge on any atom is 0.429 e. The number of benzene rings is 2. The van der Waals surface area contributed by atoms with Crippen molar-refractivity contribution in [2.75, 3.05) is 10.0 Å². The van der Waals surface area contributed by atoms with Crippen LogP contribution in [0.3, 0.4) is 0 Å². The van der Waals surface area contributed by atoms with Crippen molar-refractivity contribution < 1.29 is 17.8 Å². The van der Waals surface area contributed by atoms with Crippen LogP contribution in [0, 0.1) is 0 Å². The molecule has 0 aliphatic heterocycles. The topological polar surface area (TPSA) is 124 Å². The second-order valence-corrected chi connectivity index (χ2v) is 12.5. The van der Waals surface area contributed by atoms with Crippen LogP contribution in [0.4, 0.5) is 11.4 Å². The molecule has 1 heterocycles. The maximum atomic E-state index is 13.4. The Bertz CT molecular complexity index is 1300. The third kappa shape index (κ3) is 5.07. The summed E-state index contributed by atoms with van der Waals surface area (Å²) in [6, 6.07) is 10.1. The number of nitrogens with zero attached hydrogens (tertiary/aromatic N) is 4. The van der Waals surface area contributed by atoms with E-state index in [0.29, 0.717) is 22.6 Å². The Balaban J connectivity index is 1.77. The first-order valence-electron chi connectivity index (χ1n) is 11.6. The normalized spacial score (nSPS) is 14.7. The first kappa shape index (κ1) is 24.8. The molecule has 1 aliphatic rings. The van der Waals surface area contributed by atoms with Gasteiger partial charge in [0.2, 0.25) is 0 Å². The average Bonchev–Trinajstić information content (AvgIpc) is 3.45. The summed E-state index contributed by atoms with van der Waals surface area (Å²) in [5.41, 5.74) is 8.54. The molecule has 0 radical (unpaired) electrons. The fourth-order valence-corrected chi connectivity index (χ4v) is 5.28. The minimum Gasteiger partial charge on any atom is -0.507 e. The van der Waals surface area contributed by atoms with Gasteiger partial charge in [-0.05, 0) is 65.3 Å². The summed E-state index contributed by atoms with van der Waals surface area (Å²) in [4.78, 5) is 0.924. The number of phenols is 1. The highest BCUT2D eigenvalue weighted by Crippen LogP contribution is 2.42. The van der Waals surface area contributed by atoms with Crippen LogP contribution in [0.2, 0.25) is 0 Å². The molecule has 9 nitrogen and oxygen atoms in total. The molecule has 0 amide bonds. The molecule has 2 aromatic carbocycles. The van der Waals surface area contributed by atoms with Crippen molar-refractivity contribution in [3.8, 4) is 17.0 Å². The highest BCUT2D eigenvalue weighted by molar-refractivity contribution is 7.88. The van der Waals surface area contributed by atoms with Crippen molar-refractivity contribution in [3.63, 3.8) is 0 Å². The molecular weight excluding hydrogens is 466 g/mol. The van der Waals surface area contributed by atoms with E-state index in [1.54, 1.807) is 24.3 Å². The molecule has 1 saturated carbocycles. The molecule has 3 N–H and O–H groups in total. The van der Waals surface area contributed by atoms with Crippen molar-refractivity contribution in [2.24, 2.45) is 0 Å². The number of anilines is 2. The van der Waals surface area contributed by atoms with E-state index in [1.165, 1.54) is 10.5 Å². The van der Waals surface area contributed by atoms with Crippen LogP contribution in [0.5, 0.6) is 5.75 Å². The van der Waals surface area contributed by atoms with Gasteiger partial charge in [0.25, 0.3) is 0 Å². The second kappa shape index (κ2) is 8.44. The second-order valence-electron chi connectivity index (χ2n) is 11.1. The van der Waals surface area contributed by atoms with E-state index in [4.69, 9.17) is 10.0 Å². The van der Waals surface area contributed by atoms with Gasteiger partial charge in [-0.3, -0.25) is 4.28 Å². The van der Waals surface area contributed by atoms with Gasteiger partial charge in [0.1, 0.15) is 11.4 Å². The van der Waals surface area contributed by atoms with Crippen molar-refractivity contribution >= 4 is 21.7 Å². The molecule has 0 bridgehead atoms. The number of aromatic nitrogens is 3. The lowest BCUT2D eigenvalue weighted by atomic mass is 9.78. The fourth-order valence-electron chi connectivity index (χ4n) is 3.97. The lowest BCUT2D eigenvalue weighted by molar-refractivity contribution is 0.236. The van der Waals surface area contributed by atoms with Gasteiger partial charge in [-0.25, -0.2) is 4.31 Å². The van der Waals surface area contributed by atoms with E-state index in [0.717, 1.165) is 28.8 Å². The summed E-state index contributed by atoms with van der Waals surface area (Å²) in [5, 5.41) is 18.9. The molecule has 1 fully saturated rings. The van der Waals surface area contributed by atoms with Gasteiger partial charge in [0, 0.05) is 28.4 Å². The monoisotopic (exact) mass is 499 g/mol. The van der Waals surface area contributed by atoms with E-state index >= 15 is 0 Å². The number of hydrogen-bond acceptors (Lipinski definition) is 7. The molecule has 1 aliphatic carbocycles. The minimum absolute atomic E-state index is 0.191. The van der Waals surface area contributed by atoms with Gasteiger partial charge >= 0.3 is 10.3 Å². The zero-order valence-electron chi connectivity index (χ0n) is 21.0. The molecule has 3 aromatic rings. The van der Waals surface area contributed by atoms with Crippen molar-refractivity contribution in [3.05, 3.63) is 53.7 Å². The Kier molecular flexibility index (Phi) is 5.99. The Morgan fingerprint density at radius 1 is 1.03 bits per heavy atom. The van der Waals surface area contributed by atoms with E-state index in [9.17, 15) is 13.5 Å². The van der Waals surface area contributed by atoms with Gasteiger partial charge in [-0.2, -0.15) is 8.42 Å². The first-order chi connectivity index (χ1) is 16.2. The van der Waals surface area contributed by atoms with Crippen LogP contribution in [0.25, 0.3) is 11.3 Å². The average molecular weight is 500 g/mol. The molecule has 10 heteroatoms. The fraction of sp³-hybridized carbons (Fsp3) is 0.440. The van der Waals surface area contributed by atoms with Crippen molar-refractivity contribution in [2.45, 2.75) is 71.3 Å². The summed E-state index contributed by atoms with van der Waals surface area (Å²) in [7, 11) is -4.26. The SMILES string of the molecule is CC(C)(C)c1cc(-c2cnnn2OS(=O)(=O)N(c2ccc(N)cc2)C2CC2)cc(C(C)(C)C)c1O. The van der Waals surface area contributed by atoms with E-state index in [2.05, 4.69) is 10.3 Å². The van der Waals surface area contributed by atoms with E-state index in [1.807, 2.05) is 53.7 Å². The van der Waals surface area contributed by atoms with Crippen LogP contribution >= 0.6 is 0 Å². The van der Waals surface area contributed by atoms with Gasteiger partial charge in [-0.1, -0.05) is 46.4 Å². The predicted molar refractivity (Wildman–Crippen MR) is 136 cm³/mol. The maximum absolute atomic E-state index is 13.4. The van der Waals surface area contributed by atoms with E-state index in [-0.39, 0.29) is 22.6 Å². The van der Waals surface area contributed by atoms with Gasteiger partial charge < -0.3 is 10.8 Å². The highest BCUT2D eigenvalue weighted by atomic mass is 32.2. The number of nitrogens with two attached hydrogens (primary N) is 1. The minimum atomic E-state index is -4.26. The van der Waals surface area contributed by atoms with E-state index < -0.39 is 10.3 Å². The summed E-state index contributed by atoms with van der Waals surface area (Å²) in [5.74, 6) is 0.226. The largest absolute Gasteiger partial charge is 0.507 e. The third-order valence-corrected chi connectivity index (χ3v) is 7.29. The van der Waals surface area contributed by atoms with Gasteiger partial charge in [-0.15, -0.1) is 5.10 Å². The zero-order valence-corrected chi connectivity index (χ0v) is 21.8. The molecule has 188 valence electrons. The third-order valence-electron chi connectivity index (χ3n) is 5.97. The van der Waals surface area contributed by atoms with Crippen LogP contribution in [0.1, 0.15) is 65.5 Å². The molecule has 35 heavy (non-hydrogen) atoms. The van der Waals surface area contributed by atoms with Gasteiger partial charge in [0.15, 0.2) is 0 Å². The molecule has 0 unspecified atom stereocenters. The van der Waals surface area contributed by atoms with Gasteiger partial charge in [0.05, 0.1) is 11.9 Å². The number of nitrogen functional groups attached to an aromatic ring is 1. The molecule has 4 rings (SSSR count). The lowest BCUT2D eigenvalue weighted by Gasteiger charge is -2.28. The molecule has 1 aromatic heterocycles. The molecule has 0 saturated heterocycles. The Labute approximate surface area is 206 Å². The number of rotatable bonds is 6. The van der Waals surface area contributed by atoms with Crippen molar-refractivity contribution in [1.82, 2.24) is 15.2 Å². The molecule has 0 atom stereocenters. The Hall–Kier alpha value is -3.27. The summed E-state index contributed by atoms with van der Waals surface area (Å²) >= 11 is 0. The zero-order chi connectivity index (χ0) is 25.8. The standard InChI is InChI=1S/C25H33N5O4S/c1-24(2,3)20-13-16(14-21(23(20)31)25(4,5)6)22-15-27-28-30(22)34-35(32,33)29(19-11-12-19)18-9-7-17(26)8-10-18/h7-10,13-15,19,31H,11-12,26H2,1-6H3. The Morgan fingerprint density at radius 2 is 1.57 bits per heavy atom. The van der Waals surface area contributed by atoms with Crippen LogP contribution < -0.4 is 14.3 Å². The molecular formula is C25H33N5O4S. The Morgan fingerprint density at radius 3 is 2.06 bits per heavy atom. The number of aromatic hydroxyl groups is 1. The quantitative estimate of drug-likeness (QED) is 0.488. The lowest BCUT2D eigenvalue weighted by Crippen LogP contribution is -2.40. The smallest absolute Gasteiger partial charge is 0.429 e. The summed E-state index contributed by atoms with van der Waals surface area (Å²) in [6.07, 6.45) is 2.92. The van der Waals surface area contributed by atoms with Crippen LogP contribution in [0.15, 0.2) is 42.6 Å². The summed E-state index contributed by atoms with van der Waals surface area (Å²) < 4.78 is 33.6. The summed E-state index contributed by atoms with van der Waals surface area (Å²) in [6.45, 7) is 12.1. The van der Waals surface area contributed by atoms with Crippen molar-refractivity contribution in [1.29, 1.82) is 0 Å². The first-order valence-corrected chi connectivity index (χ1v) is 12.9.